The van der Waals surface area contributed by atoms with Gasteiger partial charge in [0.05, 0.1) is 6.04 Å². The van der Waals surface area contributed by atoms with Crippen molar-refractivity contribution >= 4 is 6.09 Å². The highest BCUT2D eigenvalue weighted by atomic mass is 16.7. The van der Waals surface area contributed by atoms with Gasteiger partial charge in [0.1, 0.15) is 5.60 Å². The largest absolute Gasteiger partial charge is 0.444 e. The van der Waals surface area contributed by atoms with Crippen LogP contribution in [0.15, 0.2) is 0 Å². The second-order valence-corrected chi connectivity index (χ2v) is 5.78. The standard InChI is InChI=1S/C14H30N2O4/c1-8-11(16-10(2)12(18-6)19-7)9-15-13(17)20-14(3,4)5/h10-12,16H,8-9H2,1-7H3,(H,15,17). The molecule has 0 rings (SSSR count). The van der Waals surface area contributed by atoms with E-state index in [1.54, 1.807) is 14.2 Å². The van der Waals surface area contributed by atoms with Crippen LogP contribution in [0, 0.1) is 0 Å². The van der Waals surface area contributed by atoms with Crippen LogP contribution in [-0.4, -0.2) is 50.8 Å². The van der Waals surface area contributed by atoms with Crippen molar-refractivity contribution in [3.05, 3.63) is 0 Å². The van der Waals surface area contributed by atoms with Crippen molar-refractivity contribution in [1.29, 1.82) is 0 Å². The summed E-state index contributed by atoms with van der Waals surface area (Å²) < 4.78 is 15.6. The van der Waals surface area contributed by atoms with Crippen molar-refractivity contribution in [3.8, 4) is 0 Å². The number of carbonyl (C=O) groups is 1. The fraction of sp³-hybridized carbons (Fsp3) is 0.929. The number of nitrogens with one attached hydrogen (secondary N) is 2. The number of rotatable bonds is 8. The molecule has 20 heavy (non-hydrogen) atoms. The van der Waals surface area contributed by atoms with Crippen molar-refractivity contribution in [2.75, 3.05) is 20.8 Å². The van der Waals surface area contributed by atoms with Crippen molar-refractivity contribution < 1.29 is 19.0 Å². The van der Waals surface area contributed by atoms with Gasteiger partial charge in [-0.05, 0) is 34.1 Å². The monoisotopic (exact) mass is 290 g/mol. The summed E-state index contributed by atoms with van der Waals surface area (Å²) in [6.07, 6.45) is 0.159. The molecule has 0 bridgehead atoms. The molecule has 120 valence electrons. The third-order valence-electron chi connectivity index (χ3n) is 2.76. The fourth-order valence-electron chi connectivity index (χ4n) is 1.80. The highest BCUT2D eigenvalue weighted by molar-refractivity contribution is 5.67. The number of hydrogen-bond acceptors (Lipinski definition) is 5. The quantitative estimate of drug-likeness (QED) is 0.668. The van der Waals surface area contributed by atoms with Crippen LogP contribution in [-0.2, 0) is 14.2 Å². The van der Waals surface area contributed by atoms with Gasteiger partial charge in [0.2, 0.25) is 0 Å². The molecule has 0 aliphatic heterocycles. The van der Waals surface area contributed by atoms with E-state index >= 15 is 0 Å². The van der Waals surface area contributed by atoms with Gasteiger partial charge in [-0.1, -0.05) is 6.92 Å². The summed E-state index contributed by atoms with van der Waals surface area (Å²) >= 11 is 0. The molecule has 0 saturated heterocycles. The van der Waals surface area contributed by atoms with E-state index in [4.69, 9.17) is 14.2 Å². The van der Waals surface area contributed by atoms with Crippen LogP contribution in [0.25, 0.3) is 0 Å². The molecule has 0 spiro atoms. The molecule has 0 heterocycles. The van der Waals surface area contributed by atoms with Crippen molar-refractivity contribution in [2.45, 2.75) is 65.0 Å². The van der Waals surface area contributed by atoms with E-state index in [2.05, 4.69) is 17.6 Å². The van der Waals surface area contributed by atoms with E-state index in [1.165, 1.54) is 0 Å². The third-order valence-corrected chi connectivity index (χ3v) is 2.76. The first-order valence-electron chi connectivity index (χ1n) is 7.02. The van der Waals surface area contributed by atoms with Gasteiger partial charge in [-0.25, -0.2) is 4.79 Å². The minimum Gasteiger partial charge on any atom is -0.444 e. The Morgan fingerprint density at radius 3 is 2.15 bits per heavy atom. The lowest BCUT2D eigenvalue weighted by atomic mass is 10.2. The zero-order chi connectivity index (χ0) is 15.8. The van der Waals surface area contributed by atoms with Crippen LogP contribution in [0.4, 0.5) is 4.79 Å². The Kier molecular flexibility index (Phi) is 8.76. The van der Waals surface area contributed by atoms with Crippen LogP contribution in [0.1, 0.15) is 41.0 Å². The predicted octanol–water partition coefficient (Wildman–Crippen LogP) is 1.89. The lowest BCUT2D eigenvalue weighted by Gasteiger charge is -2.27. The molecule has 0 aliphatic carbocycles. The van der Waals surface area contributed by atoms with Gasteiger partial charge in [-0.15, -0.1) is 0 Å². The number of alkyl carbamates (subject to hydrolysis) is 1. The maximum Gasteiger partial charge on any atom is 0.407 e. The Balaban J connectivity index is 4.19. The van der Waals surface area contributed by atoms with Crippen LogP contribution in [0.3, 0.4) is 0 Å². The fourth-order valence-corrected chi connectivity index (χ4v) is 1.80. The first-order chi connectivity index (χ1) is 9.23. The van der Waals surface area contributed by atoms with E-state index in [9.17, 15) is 4.79 Å². The SMILES string of the molecule is CCC(CNC(=O)OC(C)(C)C)NC(C)C(OC)OC. The summed E-state index contributed by atoms with van der Waals surface area (Å²) in [7, 11) is 3.21. The number of carbonyl (C=O) groups excluding carboxylic acids is 1. The van der Waals surface area contributed by atoms with Gasteiger partial charge in [-0.2, -0.15) is 0 Å². The van der Waals surface area contributed by atoms with E-state index in [1.807, 2.05) is 27.7 Å². The molecule has 0 aliphatic rings. The van der Waals surface area contributed by atoms with Crippen LogP contribution in [0.5, 0.6) is 0 Å². The summed E-state index contributed by atoms with van der Waals surface area (Å²) in [6.45, 7) is 10.0. The molecule has 0 aromatic carbocycles. The van der Waals surface area contributed by atoms with E-state index in [0.717, 1.165) is 6.42 Å². The summed E-state index contributed by atoms with van der Waals surface area (Å²) in [5.41, 5.74) is -0.482. The highest BCUT2D eigenvalue weighted by Crippen LogP contribution is 2.06. The van der Waals surface area contributed by atoms with Crippen LogP contribution in [0.2, 0.25) is 0 Å². The summed E-state index contributed by atoms with van der Waals surface area (Å²) in [6, 6.07) is 0.153. The molecular weight excluding hydrogens is 260 g/mol. The first kappa shape index (κ1) is 19.1. The Hall–Kier alpha value is -0.850. The van der Waals surface area contributed by atoms with Crippen LogP contribution < -0.4 is 10.6 Å². The van der Waals surface area contributed by atoms with Gasteiger partial charge in [0, 0.05) is 26.8 Å². The molecule has 6 heteroatoms. The third kappa shape index (κ3) is 8.35. The Morgan fingerprint density at radius 1 is 1.20 bits per heavy atom. The molecule has 2 N–H and O–H groups in total. The van der Waals surface area contributed by atoms with Crippen molar-refractivity contribution in [2.24, 2.45) is 0 Å². The van der Waals surface area contributed by atoms with Gasteiger partial charge in [-0.3, -0.25) is 0 Å². The normalized spacial score (nSPS) is 15.0. The highest BCUT2D eigenvalue weighted by Gasteiger charge is 2.20. The smallest absolute Gasteiger partial charge is 0.407 e. The van der Waals surface area contributed by atoms with E-state index in [-0.39, 0.29) is 18.4 Å². The Morgan fingerprint density at radius 2 is 1.75 bits per heavy atom. The molecule has 0 saturated carbocycles. The summed E-state index contributed by atoms with van der Waals surface area (Å²) in [5.74, 6) is 0. The minimum absolute atomic E-state index is 0.0235. The molecular formula is C14H30N2O4. The molecule has 0 aromatic rings. The maximum absolute atomic E-state index is 11.6. The summed E-state index contributed by atoms with van der Waals surface area (Å²) in [4.78, 5) is 11.6. The molecule has 2 atom stereocenters. The Bertz CT molecular complexity index is 275. The topological polar surface area (TPSA) is 68.8 Å². The number of hydrogen-bond donors (Lipinski definition) is 2. The first-order valence-corrected chi connectivity index (χ1v) is 7.02. The predicted molar refractivity (Wildman–Crippen MR) is 78.7 cm³/mol. The zero-order valence-corrected chi connectivity index (χ0v) is 13.8. The molecule has 2 unspecified atom stereocenters. The van der Waals surface area contributed by atoms with E-state index in [0.29, 0.717) is 6.54 Å². The van der Waals surface area contributed by atoms with Crippen molar-refractivity contribution in [1.82, 2.24) is 10.6 Å². The van der Waals surface area contributed by atoms with Gasteiger partial charge in [0.15, 0.2) is 6.29 Å². The summed E-state index contributed by atoms with van der Waals surface area (Å²) in [5, 5.41) is 6.13. The van der Waals surface area contributed by atoms with Gasteiger partial charge < -0.3 is 24.8 Å². The molecule has 0 radical (unpaired) electrons. The second-order valence-electron chi connectivity index (χ2n) is 5.78. The lowest BCUT2D eigenvalue weighted by molar-refractivity contribution is -0.120. The van der Waals surface area contributed by atoms with Gasteiger partial charge >= 0.3 is 6.09 Å². The second kappa shape index (κ2) is 9.15. The van der Waals surface area contributed by atoms with Crippen molar-refractivity contribution in [3.63, 3.8) is 0 Å². The number of methoxy groups -OCH3 is 2. The van der Waals surface area contributed by atoms with Crippen LogP contribution >= 0.6 is 0 Å². The number of amides is 1. The van der Waals surface area contributed by atoms with Gasteiger partial charge in [0.25, 0.3) is 0 Å². The molecule has 0 aromatic heterocycles. The average Bonchev–Trinajstić information content (AvgIpc) is 2.33. The average molecular weight is 290 g/mol. The molecule has 6 nitrogen and oxygen atoms in total. The number of ether oxygens (including phenoxy) is 3. The molecule has 1 amide bonds. The Labute approximate surface area is 122 Å². The lowest BCUT2D eigenvalue weighted by Crippen LogP contribution is -2.49. The maximum atomic E-state index is 11.6. The van der Waals surface area contributed by atoms with E-state index < -0.39 is 11.7 Å². The molecule has 0 fully saturated rings. The zero-order valence-electron chi connectivity index (χ0n) is 13.8. The minimum atomic E-state index is -0.482.